The van der Waals surface area contributed by atoms with Crippen molar-refractivity contribution in [2.45, 2.75) is 26.5 Å². The molecule has 0 unspecified atom stereocenters. The highest BCUT2D eigenvalue weighted by Gasteiger charge is 2.06. The number of hydrogen-bond acceptors (Lipinski definition) is 3. The molecule has 0 saturated carbocycles. The number of halogens is 1. The minimum absolute atomic E-state index is 0.243. The van der Waals surface area contributed by atoms with Crippen LogP contribution in [0, 0.1) is 5.82 Å². The molecule has 0 amide bonds. The smallest absolute Gasteiger partial charge is 0.124 e. The Bertz CT molecular complexity index is 531. The van der Waals surface area contributed by atoms with Crippen LogP contribution in [0.2, 0.25) is 0 Å². The fourth-order valence-electron chi connectivity index (χ4n) is 1.87. The largest absolute Gasteiger partial charge is 0.489 e. The molecule has 20 heavy (non-hydrogen) atoms. The van der Waals surface area contributed by atoms with E-state index in [9.17, 15) is 4.39 Å². The highest BCUT2D eigenvalue weighted by molar-refractivity contribution is 5.34. The highest BCUT2D eigenvalue weighted by Crippen LogP contribution is 2.20. The van der Waals surface area contributed by atoms with Crippen molar-refractivity contribution in [1.29, 1.82) is 0 Å². The quantitative estimate of drug-likeness (QED) is 0.787. The van der Waals surface area contributed by atoms with E-state index >= 15 is 0 Å². The zero-order valence-corrected chi connectivity index (χ0v) is 11.6. The molecule has 0 atom stereocenters. The molecule has 1 N–H and O–H groups in total. The third-order valence-corrected chi connectivity index (χ3v) is 2.88. The fourth-order valence-corrected chi connectivity index (χ4v) is 1.87. The molecule has 1 heterocycles. The molecule has 1 aromatic carbocycles. The Balaban J connectivity index is 2.02. The molecular weight excluding hydrogens is 255 g/mol. The van der Waals surface area contributed by atoms with Crippen LogP contribution in [0.25, 0.3) is 0 Å². The number of nitrogens with one attached hydrogen (secondary N) is 1. The first-order valence-corrected chi connectivity index (χ1v) is 6.80. The highest BCUT2D eigenvalue weighted by atomic mass is 19.1. The third-order valence-electron chi connectivity index (χ3n) is 2.88. The van der Waals surface area contributed by atoms with E-state index in [0.717, 1.165) is 24.1 Å². The second kappa shape index (κ2) is 7.60. The summed E-state index contributed by atoms with van der Waals surface area (Å²) in [5, 5.41) is 3.26. The van der Waals surface area contributed by atoms with Crippen LogP contribution in [0.3, 0.4) is 0 Å². The molecule has 0 bridgehead atoms. The number of nitrogens with zero attached hydrogens (tertiary/aromatic N) is 1. The topological polar surface area (TPSA) is 34.1 Å². The molecule has 0 aliphatic heterocycles. The first-order valence-electron chi connectivity index (χ1n) is 6.80. The number of benzene rings is 1. The normalized spacial score (nSPS) is 10.5. The Morgan fingerprint density at radius 2 is 2.20 bits per heavy atom. The second-order valence-corrected chi connectivity index (χ2v) is 4.58. The van der Waals surface area contributed by atoms with Crippen LogP contribution in [0.15, 0.2) is 42.7 Å². The van der Waals surface area contributed by atoms with E-state index in [4.69, 9.17) is 4.74 Å². The maximum absolute atomic E-state index is 13.3. The van der Waals surface area contributed by atoms with Crippen LogP contribution in [0.5, 0.6) is 5.75 Å². The summed E-state index contributed by atoms with van der Waals surface area (Å²) in [4.78, 5) is 4.04. The summed E-state index contributed by atoms with van der Waals surface area (Å²) < 4.78 is 19.1. The van der Waals surface area contributed by atoms with Gasteiger partial charge in [0.25, 0.3) is 0 Å². The van der Waals surface area contributed by atoms with Gasteiger partial charge in [-0.1, -0.05) is 13.0 Å². The molecule has 0 radical (unpaired) electrons. The average Bonchev–Trinajstić information content (AvgIpc) is 2.48. The number of hydrogen-bond donors (Lipinski definition) is 1. The SMILES string of the molecule is CCCNCc1cc(F)ccc1OCc1cccnc1. The zero-order valence-electron chi connectivity index (χ0n) is 11.6. The Morgan fingerprint density at radius 3 is 2.95 bits per heavy atom. The van der Waals surface area contributed by atoms with E-state index in [-0.39, 0.29) is 5.82 Å². The lowest BCUT2D eigenvalue weighted by Crippen LogP contribution is -2.15. The number of aromatic nitrogens is 1. The monoisotopic (exact) mass is 274 g/mol. The minimum atomic E-state index is -0.243. The van der Waals surface area contributed by atoms with E-state index in [1.165, 1.54) is 12.1 Å². The second-order valence-electron chi connectivity index (χ2n) is 4.58. The fraction of sp³-hybridized carbons (Fsp3) is 0.312. The number of ether oxygens (including phenoxy) is 1. The van der Waals surface area contributed by atoms with Gasteiger partial charge in [-0.05, 0) is 37.2 Å². The molecule has 106 valence electrons. The van der Waals surface area contributed by atoms with Gasteiger partial charge in [0.1, 0.15) is 18.2 Å². The maximum Gasteiger partial charge on any atom is 0.124 e. The summed E-state index contributed by atoms with van der Waals surface area (Å²) >= 11 is 0. The summed E-state index contributed by atoms with van der Waals surface area (Å²) in [5.74, 6) is 0.464. The van der Waals surface area contributed by atoms with Crippen molar-refractivity contribution in [2.24, 2.45) is 0 Å². The number of rotatable bonds is 7. The Hall–Kier alpha value is -1.94. The van der Waals surface area contributed by atoms with Gasteiger partial charge in [-0.25, -0.2) is 4.39 Å². The molecule has 0 aliphatic carbocycles. The van der Waals surface area contributed by atoms with E-state index in [1.807, 2.05) is 12.1 Å². The average molecular weight is 274 g/mol. The molecular formula is C16H19FN2O. The summed E-state index contributed by atoms with van der Waals surface area (Å²) in [6.07, 6.45) is 4.53. The van der Waals surface area contributed by atoms with Crippen LogP contribution in [0.4, 0.5) is 4.39 Å². The molecule has 0 saturated heterocycles. The Labute approximate surface area is 118 Å². The summed E-state index contributed by atoms with van der Waals surface area (Å²) in [6, 6.07) is 8.43. The molecule has 0 spiro atoms. The van der Waals surface area contributed by atoms with Crippen molar-refractivity contribution in [1.82, 2.24) is 10.3 Å². The van der Waals surface area contributed by atoms with Crippen LogP contribution >= 0.6 is 0 Å². The van der Waals surface area contributed by atoms with Crippen LogP contribution in [-0.2, 0) is 13.2 Å². The molecule has 2 aromatic rings. The Kier molecular flexibility index (Phi) is 5.50. The minimum Gasteiger partial charge on any atom is -0.489 e. The molecule has 4 heteroatoms. The van der Waals surface area contributed by atoms with Gasteiger partial charge in [0, 0.05) is 30.1 Å². The lowest BCUT2D eigenvalue weighted by Gasteiger charge is -2.12. The first kappa shape index (κ1) is 14.5. The van der Waals surface area contributed by atoms with Gasteiger partial charge in [0.2, 0.25) is 0 Å². The molecule has 3 nitrogen and oxygen atoms in total. The summed E-state index contributed by atoms with van der Waals surface area (Å²) in [7, 11) is 0. The Morgan fingerprint density at radius 1 is 1.30 bits per heavy atom. The molecule has 1 aromatic heterocycles. The van der Waals surface area contributed by atoms with Crippen molar-refractivity contribution < 1.29 is 9.13 Å². The van der Waals surface area contributed by atoms with Gasteiger partial charge in [0.15, 0.2) is 0 Å². The van der Waals surface area contributed by atoms with Gasteiger partial charge in [-0.15, -0.1) is 0 Å². The van der Waals surface area contributed by atoms with Crippen molar-refractivity contribution in [3.05, 3.63) is 59.7 Å². The van der Waals surface area contributed by atoms with E-state index in [0.29, 0.717) is 18.9 Å². The predicted molar refractivity (Wildman–Crippen MR) is 77.0 cm³/mol. The van der Waals surface area contributed by atoms with Gasteiger partial charge in [0.05, 0.1) is 0 Å². The summed E-state index contributed by atoms with van der Waals surface area (Å²) in [6.45, 7) is 4.03. The maximum atomic E-state index is 13.3. The predicted octanol–water partition coefficient (Wildman–Crippen LogP) is 3.30. The molecule has 0 aliphatic rings. The van der Waals surface area contributed by atoms with Gasteiger partial charge < -0.3 is 10.1 Å². The van der Waals surface area contributed by atoms with E-state index < -0.39 is 0 Å². The number of pyridine rings is 1. The lowest BCUT2D eigenvalue weighted by atomic mass is 10.2. The lowest BCUT2D eigenvalue weighted by molar-refractivity contribution is 0.301. The summed E-state index contributed by atoms with van der Waals surface area (Å²) in [5.41, 5.74) is 1.83. The van der Waals surface area contributed by atoms with Gasteiger partial charge in [-0.2, -0.15) is 0 Å². The van der Waals surface area contributed by atoms with Crippen LogP contribution in [0.1, 0.15) is 24.5 Å². The first-order chi connectivity index (χ1) is 9.79. The van der Waals surface area contributed by atoms with Gasteiger partial charge >= 0.3 is 0 Å². The standard InChI is InChI=1S/C16H19FN2O/c1-2-7-18-11-14-9-15(17)5-6-16(14)20-12-13-4-3-8-19-10-13/h3-6,8-10,18H,2,7,11-12H2,1H3. The van der Waals surface area contributed by atoms with Gasteiger partial charge in [-0.3, -0.25) is 4.98 Å². The molecule has 2 rings (SSSR count). The molecule has 0 fully saturated rings. The van der Waals surface area contributed by atoms with E-state index in [1.54, 1.807) is 18.5 Å². The van der Waals surface area contributed by atoms with Crippen LogP contribution < -0.4 is 10.1 Å². The van der Waals surface area contributed by atoms with Crippen molar-refractivity contribution in [2.75, 3.05) is 6.54 Å². The third kappa shape index (κ3) is 4.31. The van der Waals surface area contributed by atoms with E-state index in [2.05, 4.69) is 17.2 Å². The van der Waals surface area contributed by atoms with Crippen molar-refractivity contribution >= 4 is 0 Å². The zero-order chi connectivity index (χ0) is 14.2. The van der Waals surface area contributed by atoms with Crippen molar-refractivity contribution in [3.63, 3.8) is 0 Å². The van der Waals surface area contributed by atoms with Crippen molar-refractivity contribution in [3.8, 4) is 5.75 Å². The van der Waals surface area contributed by atoms with Crippen LogP contribution in [-0.4, -0.2) is 11.5 Å².